The Kier molecular flexibility index (Phi) is 6.93. The molecule has 202 valence electrons. The van der Waals surface area contributed by atoms with E-state index in [9.17, 15) is 8.42 Å². The second-order valence-electron chi connectivity index (χ2n) is 11.5. The Bertz CT molecular complexity index is 1770. The topological polar surface area (TPSA) is 85.6 Å². The van der Waals surface area contributed by atoms with Gasteiger partial charge in [0.25, 0.3) is 0 Å². The lowest BCUT2D eigenvalue weighted by Crippen LogP contribution is -2.36. The Morgan fingerprint density at radius 3 is 2.38 bits per heavy atom. The van der Waals surface area contributed by atoms with Gasteiger partial charge in [0, 0.05) is 33.4 Å². The Hall–Kier alpha value is -3.43. The van der Waals surface area contributed by atoms with Crippen LogP contribution in [-0.4, -0.2) is 28.3 Å². The number of nitrogens with zero attached hydrogens (tertiary/aromatic N) is 3. The van der Waals surface area contributed by atoms with Gasteiger partial charge in [-0.15, -0.1) is 0 Å². The molecule has 0 radical (unpaired) electrons. The van der Waals surface area contributed by atoms with Gasteiger partial charge in [0.1, 0.15) is 27.8 Å². The third kappa shape index (κ3) is 5.94. The Balaban J connectivity index is 1.49. The van der Waals surface area contributed by atoms with Crippen molar-refractivity contribution in [3.05, 3.63) is 83.6 Å². The zero-order valence-corrected chi connectivity index (χ0v) is 25.0. The number of rotatable bonds is 7. The molecule has 0 saturated carbocycles. The summed E-state index contributed by atoms with van der Waals surface area (Å²) in [6.07, 6.45) is 4.50. The largest absolute Gasteiger partial charge is 0.379 e. The van der Waals surface area contributed by atoms with Crippen LogP contribution < -0.4 is 9.50 Å². The minimum atomic E-state index is -4.09. The van der Waals surface area contributed by atoms with Gasteiger partial charge in [-0.2, -0.15) is 8.42 Å². The number of nitrogens with one attached hydrogen (secondary N) is 1. The summed E-state index contributed by atoms with van der Waals surface area (Å²) in [5, 5.41) is 4.46. The van der Waals surface area contributed by atoms with Crippen LogP contribution >= 0.6 is 15.9 Å². The molecule has 3 aromatic heterocycles. The van der Waals surface area contributed by atoms with Gasteiger partial charge in [-0.05, 0) is 90.1 Å². The third-order valence-corrected chi connectivity index (χ3v) is 7.96. The van der Waals surface area contributed by atoms with Crippen molar-refractivity contribution in [2.45, 2.75) is 51.5 Å². The number of para-hydroxylation sites is 1. The van der Waals surface area contributed by atoms with Crippen LogP contribution in [0, 0.1) is 5.41 Å². The van der Waals surface area contributed by atoms with Crippen molar-refractivity contribution in [3.8, 4) is 17.0 Å². The van der Waals surface area contributed by atoms with Crippen molar-refractivity contribution in [2.24, 2.45) is 5.41 Å². The van der Waals surface area contributed by atoms with E-state index in [1.165, 1.54) is 6.07 Å². The maximum atomic E-state index is 13.2. The normalized spacial score (nSPS) is 12.7. The Labute approximate surface area is 237 Å². The van der Waals surface area contributed by atoms with Gasteiger partial charge in [-0.25, -0.2) is 4.98 Å². The lowest BCUT2D eigenvalue weighted by Gasteiger charge is -2.34. The number of halogens is 1. The van der Waals surface area contributed by atoms with Crippen LogP contribution in [0.2, 0.25) is 0 Å². The quantitative estimate of drug-likeness (QED) is 0.191. The highest BCUT2D eigenvalue weighted by molar-refractivity contribution is 9.10. The highest BCUT2D eigenvalue weighted by Crippen LogP contribution is 2.36. The standard InChI is InChI=1S/C30H31BrN4O3S/c1-29(2,3)19-30(4,5)34-28-27(33-25-16-13-22(31)18-35(25)28)21-11-14-23(15-12-21)38-39(36,37)24-10-6-8-20-9-7-17-32-26(20)24/h6-18,34H,19H2,1-5H3. The van der Waals surface area contributed by atoms with E-state index in [2.05, 4.69) is 60.8 Å². The van der Waals surface area contributed by atoms with Gasteiger partial charge in [-0.3, -0.25) is 9.38 Å². The van der Waals surface area contributed by atoms with Crippen molar-refractivity contribution < 1.29 is 12.6 Å². The zero-order chi connectivity index (χ0) is 28.0. The number of aromatic nitrogens is 3. The van der Waals surface area contributed by atoms with E-state index >= 15 is 0 Å². The number of hydrogen-bond donors (Lipinski definition) is 1. The first-order chi connectivity index (χ1) is 18.3. The van der Waals surface area contributed by atoms with Gasteiger partial charge >= 0.3 is 10.1 Å². The van der Waals surface area contributed by atoms with Gasteiger partial charge in [0.2, 0.25) is 0 Å². The number of fused-ring (bicyclic) bond motifs is 2. The molecule has 0 saturated heterocycles. The van der Waals surface area contributed by atoms with E-state index < -0.39 is 10.1 Å². The lowest BCUT2D eigenvalue weighted by molar-refractivity contribution is 0.302. The smallest absolute Gasteiger partial charge is 0.341 e. The number of hydrogen-bond acceptors (Lipinski definition) is 6. The molecule has 0 spiro atoms. The van der Waals surface area contributed by atoms with Crippen LogP contribution in [0.1, 0.15) is 41.0 Å². The fourth-order valence-corrected chi connectivity index (χ4v) is 6.59. The van der Waals surface area contributed by atoms with Crippen molar-refractivity contribution in [2.75, 3.05) is 5.32 Å². The maximum Gasteiger partial charge on any atom is 0.341 e. The van der Waals surface area contributed by atoms with E-state index in [1.807, 2.05) is 47.0 Å². The molecule has 7 nitrogen and oxygen atoms in total. The Morgan fingerprint density at radius 2 is 1.67 bits per heavy atom. The molecule has 0 bridgehead atoms. The molecule has 1 N–H and O–H groups in total. The van der Waals surface area contributed by atoms with Crippen LogP contribution in [-0.2, 0) is 10.1 Å². The summed E-state index contributed by atoms with van der Waals surface area (Å²) in [6.45, 7) is 11.0. The van der Waals surface area contributed by atoms with Gasteiger partial charge in [-0.1, -0.05) is 39.0 Å². The highest BCUT2D eigenvalue weighted by Gasteiger charge is 2.28. The molecule has 9 heteroatoms. The summed E-state index contributed by atoms with van der Waals surface area (Å²) in [5.74, 6) is 1.07. The van der Waals surface area contributed by atoms with E-state index in [1.54, 1.807) is 30.5 Å². The van der Waals surface area contributed by atoms with E-state index in [-0.39, 0.29) is 21.6 Å². The van der Waals surface area contributed by atoms with Crippen LogP contribution in [0.25, 0.3) is 27.8 Å². The molecule has 0 aliphatic carbocycles. The highest BCUT2D eigenvalue weighted by atomic mass is 79.9. The molecular formula is C30H31BrN4O3S. The van der Waals surface area contributed by atoms with Crippen molar-refractivity contribution in [1.29, 1.82) is 0 Å². The molecule has 0 aliphatic rings. The fraction of sp³-hybridized carbons (Fsp3) is 0.267. The average Bonchev–Trinajstić information content (AvgIpc) is 3.19. The number of imidazole rings is 1. The molecule has 2 aromatic carbocycles. The molecule has 0 fully saturated rings. The SMILES string of the molecule is CC(C)(C)CC(C)(C)Nc1c(-c2ccc(OS(=O)(=O)c3cccc4cccnc34)cc2)nc2ccc(Br)cn12. The van der Waals surface area contributed by atoms with Gasteiger partial charge in [0.15, 0.2) is 0 Å². The van der Waals surface area contributed by atoms with E-state index in [0.29, 0.717) is 5.52 Å². The summed E-state index contributed by atoms with van der Waals surface area (Å²) >= 11 is 3.58. The molecule has 0 unspecified atom stereocenters. The van der Waals surface area contributed by atoms with Crippen LogP contribution in [0.15, 0.2) is 88.5 Å². The van der Waals surface area contributed by atoms with Crippen molar-refractivity contribution >= 4 is 48.4 Å². The molecule has 0 amide bonds. The van der Waals surface area contributed by atoms with Crippen LogP contribution in [0.5, 0.6) is 5.75 Å². The maximum absolute atomic E-state index is 13.2. The summed E-state index contributed by atoms with van der Waals surface area (Å²) in [7, 11) is -4.09. The molecule has 0 aliphatic heterocycles. The van der Waals surface area contributed by atoms with Crippen LogP contribution in [0.3, 0.4) is 0 Å². The summed E-state index contributed by atoms with van der Waals surface area (Å²) in [6, 6.07) is 19.4. The number of anilines is 1. The minimum Gasteiger partial charge on any atom is -0.379 e. The predicted octanol–water partition coefficient (Wildman–Crippen LogP) is 7.71. The first-order valence-electron chi connectivity index (χ1n) is 12.7. The van der Waals surface area contributed by atoms with E-state index in [0.717, 1.165) is 39.0 Å². The number of benzene rings is 2. The van der Waals surface area contributed by atoms with Crippen molar-refractivity contribution in [1.82, 2.24) is 14.4 Å². The average molecular weight is 608 g/mol. The lowest BCUT2D eigenvalue weighted by atomic mass is 9.82. The molecule has 5 aromatic rings. The monoisotopic (exact) mass is 606 g/mol. The molecule has 5 rings (SSSR count). The third-order valence-electron chi connectivity index (χ3n) is 6.21. The van der Waals surface area contributed by atoms with Crippen molar-refractivity contribution in [3.63, 3.8) is 0 Å². The Morgan fingerprint density at radius 1 is 0.949 bits per heavy atom. The molecule has 39 heavy (non-hydrogen) atoms. The minimum absolute atomic E-state index is 0.0307. The summed E-state index contributed by atoms with van der Waals surface area (Å²) < 4.78 is 34.8. The van der Waals surface area contributed by atoms with E-state index in [4.69, 9.17) is 9.17 Å². The summed E-state index contributed by atoms with van der Waals surface area (Å²) in [4.78, 5) is 9.18. The first kappa shape index (κ1) is 27.1. The zero-order valence-electron chi connectivity index (χ0n) is 22.6. The molecular weight excluding hydrogens is 576 g/mol. The van der Waals surface area contributed by atoms with Gasteiger partial charge in [0.05, 0.1) is 5.52 Å². The van der Waals surface area contributed by atoms with Crippen LogP contribution in [0.4, 0.5) is 5.82 Å². The fourth-order valence-electron chi connectivity index (χ4n) is 5.15. The molecule has 0 atom stereocenters. The molecule has 3 heterocycles. The second kappa shape index (κ2) is 9.95. The van der Waals surface area contributed by atoms with Gasteiger partial charge < -0.3 is 9.50 Å². The number of pyridine rings is 2. The second-order valence-corrected chi connectivity index (χ2v) is 14.0. The summed E-state index contributed by atoms with van der Waals surface area (Å²) in [5.41, 5.74) is 2.69. The predicted molar refractivity (Wildman–Crippen MR) is 160 cm³/mol. The first-order valence-corrected chi connectivity index (χ1v) is 14.9.